The largest absolute Gasteiger partial charge is 0.497 e. The molecule has 2 heterocycles. The van der Waals surface area contributed by atoms with E-state index in [1.165, 1.54) is 7.11 Å². The molecule has 2 aliphatic rings. The molecule has 8 nitrogen and oxygen atoms in total. The van der Waals surface area contributed by atoms with Crippen molar-refractivity contribution in [3.63, 3.8) is 0 Å². The molecule has 3 rings (SSSR count). The highest BCUT2D eigenvalue weighted by molar-refractivity contribution is 5.89. The van der Waals surface area contributed by atoms with Crippen LogP contribution in [-0.4, -0.2) is 71.6 Å². The molecule has 30 heavy (non-hydrogen) atoms. The zero-order valence-electron chi connectivity index (χ0n) is 16.9. The second kappa shape index (κ2) is 7.73. The summed E-state index contributed by atoms with van der Waals surface area (Å²) in [4.78, 5) is 38.1. The van der Waals surface area contributed by atoms with E-state index in [-0.39, 0.29) is 19.7 Å². The maximum Gasteiger partial charge on any atom is 0.408 e. The summed E-state index contributed by atoms with van der Waals surface area (Å²) >= 11 is 0. The monoisotopic (exact) mass is 426 g/mol. The Bertz CT molecular complexity index is 842. The zero-order valence-corrected chi connectivity index (χ0v) is 16.9. The Labute approximate surface area is 172 Å². The van der Waals surface area contributed by atoms with E-state index in [1.54, 1.807) is 38.1 Å². The molecule has 0 spiro atoms. The summed E-state index contributed by atoms with van der Waals surface area (Å²) in [5.74, 6) is -5.37. The molecule has 2 unspecified atom stereocenters. The highest BCUT2D eigenvalue weighted by Gasteiger charge is 2.63. The molecular formula is C20H24F2N2O6. The molecule has 2 atom stereocenters. The maximum atomic E-state index is 14.2. The van der Waals surface area contributed by atoms with Crippen LogP contribution in [0.2, 0.25) is 0 Å². The number of carboxylic acid groups (broad SMARTS) is 1. The Balaban J connectivity index is 1.63. The lowest BCUT2D eigenvalue weighted by Crippen LogP contribution is -2.46. The van der Waals surface area contributed by atoms with E-state index >= 15 is 0 Å². The standard InChI is InChI=1S/C20H24F2N2O6/c1-19(2,17(26)30-9-12-4-6-13(29-3)7-5-12)10-23-8-14-15(16(23)25)24(18(27)28)11-20(14,21)22/h4-7,14-15H,8-11H2,1-3H3,(H,27,28). The van der Waals surface area contributed by atoms with Gasteiger partial charge in [-0.05, 0) is 31.5 Å². The fourth-order valence-electron chi connectivity index (χ4n) is 3.88. The molecule has 2 saturated heterocycles. The molecule has 10 heteroatoms. The number of benzene rings is 1. The van der Waals surface area contributed by atoms with Crippen LogP contribution in [0.1, 0.15) is 19.4 Å². The van der Waals surface area contributed by atoms with E-state index in [2.05, 4.69) is 0 Å². The lowest BCUT2D eigenvalue weighted by atomic mass is 9.93. The highest BCUT2D eigenvalue weighted by Crippen LogP contribution is 2.43. The number of rotatable bonds is 6. The van der Waals surface area contributed by atoms with E-state index in [1.807, 2.05) is 0 Å². The summed E-state index contributed by atoms with van der Waals surface area (Å²) in [6.45, 7) is 1.66. The van der Waals surface area contributed by atoms with Crippen LogP contribution in [0, 0.1) is 11.3 Å². The molecule has 0 saturated carbocycles. The third-order valence-corrected chi connectivity index (χ3v) is 5.54. The number of fused-ring (bicyclic) bond motifs is 1. The van der Waals surface area contributed by atoms with Gasteiger partial charge in [0.1, 0.15) is 18.4 Å². The topological polar surface area (TPSA) is 96.4 Å². The number of methoxy groups -OCH3 is 1. The third-order valence-electron chi connectivity index (χ3n) is 5.54. The SMILES string of the molecule is COc1ccc(COC(=O)C(C)(C)CN2CC3C(C2=O)N(C(=O)O)CC3(F)F)cc1. The summed E-state index contributed by atoms with van der Waals surface area (Å²) in [6.07, 6.45) is -1.56. The van der Waals surface area contributed by atoms with Crippen molar-refractivity contribution < 1.29 is 37.7 Å². The predicted octanol–water partition coefficient (Wildman–Crippen LogP) is 2.22. The third kappa shape index (κ3) is 4.03. The molecule has 2 aliphatic heterocycles. The predicted molar refractivity (Wildman–Crippen MR) is 100 cm³/mol. The number of likely N-dealkylation sites (tertiary alicyclic amines) is 2. The van der Waals surface area contributed by atoms with Gasteiger partial charge in [0.05, 0.1) is 25.0 Å². The Morgan fingerprint density at radius 2 is 1.90 bits per heavy atom. The number of amides is 2. The molecule has 2 amide bonds. The van der Waals surface area contributed by atoms with Crippen molar-refractivity contribution in [3.05, 3.63) is 29.8 Å². The first-order valence-electron chi connectivity index (χ1n) is 9.42. The van der Waals surface area contributed by atoms with Crippen LogP contribution < -0.4 is 4.74 Å². The van der Waals surface area contributed by atoms with Crippen LogP contribution in [0.25, 0.3) is 0 Å². The van der Waals surface area contributed by atoms with Crippen LogP contribution in [-0.2, 0) is 20.9 Å². The van der Waals surface area contributed by atoms with E-state index in [0.717, 1.165) is 10.5 Å². The van der Waals surface area contributed by atoms with E-state index in [0.29, 0.717) is 10.6 Å². The molecule has 1 N–H and O–H groups in total. The van der Waals surface area contributed by atoms with Gasteiger partial charge in [-0.1, -0.05) is 12.1 Å². The van der Waals surface area contributed by atoms with Gasteiger partial charge in [0.2, 0.25) is 5.91 Å². The van der Waals surface area contributed by atoms with Crippen LogP contribution in [0.15, 0.2) is 24.3 Å². The lowest BCUT2D eigenvalue weighted by Gasteiger charge is -2.30. The zero-order chi connectivity index (χ0) is 22.3. The number of esters is 1. The summed E-state index contributed by atoms with van der Waals surface area (Å²) in [6, 6.07) is 5.51. The quantitative estimate of drug-likeness (QED) is 0.701. The Morgan fingerprint density at radius 3 is 2.47 bits per heavy atom. The number of hydrogen-bond acceptors (Lipinski definition) is 5. The van der Waals surface area contributed by atoms with E-state index in [4.69, 9.17) is 14.6 Å². The highest BCUT2D eigenvalue weighted by atomic mass is 19.3. The Hall–Kier alpha value is -2.91. The molecule has 0 radical (unpaired) electrons. The number of halogens is 2. The number of ether oxygens (including phenoxy) is 2. The van der Waals surface area contributed by atoms with Crippen LogP contribution >= 0.6 is 0 Å². The van der Waals surface area contributed by atoms with Gasteiger partial charge in [0, 0.05) is 13.1 Å². The van der Waals surface area contributed by atoms with Gasteiger partial charge in [0.25, 0.3) is 5.92 Å². The van der Waals surface area contributed by atoms with Crippen molar-refractivity contribution >= 4 is 18.0 Å². The van der Waals surface area contributed by atoms with Gasteiger partial charge in [-0.25, -0.2) is 13.6 Å². The van der Waals surface area contributed by atoms with Crippen molar-refractivity contribution in [2.24, 2.45) is 11.3 Å². The van der Waals surface area contributed by atoms with Crippen molar-refractivity contribution in [1.82, 2.24) is 9.80 Å². The first-order valence-corrected chi connectivity index (χ1v) is 9.42. The number of hydrogen-bond donors (Lipinski definition) is 1. The lowest BCUT2D eigenvalue weighted by molar-refractivity contribution is -0.157. The molecule has 1 aromatic carbocycles. The smallest absolute Gasteiger partial charge is 0.408 e. The van der Waals surface area contributed by atoms with Gasteiger partial charge in [-0.3, -0.25) is 14.5 Å². The van der Waals surface area contributed by atoms with E-state index < -0.39 is 47.8 Å². The minimum absolute atomic E-state index is 0.0102. The molecule has 0 aromatic heterocycles. The second-order valence-electron chi connectivity index (χ2n) is 8.25. The van der Waals surface area contributed by atoms with Crippen molar-refractivity contribution in [1.29, 1.82) is 0 Å². The molecule has 1 aromatic rings. The van der Waals surface area contributed by atoms with Gasteiger partial charge in [0.15, 0.2) is 0 Å². The Morgan fingerprint density at radius 1 is 1.27 bits per heavy atom. The van der Waals surface area contributed by atoms with Crippen molar-refractivity contribution in [2.45, 2.75) is 32.4 Å². The molecular weight excluding hydrogens is 402 g/mol. The van der Waals surface area contributed by atoms with Gasteiger partial charge < -0.3 is 19.5 Å². The molecule has 164 valence electrons. The minimum Gasteiger partial charge on any atom is -0.497 e. The van der Waals surface area contributed by atoms with Gasteiger partial charge in [-0.2, -0.15) is 0 Å². The summed E-state index contributed by atoms with van der Waals surface area (Å²) < 4.78 is 38.9. The van der Waals surface area contributed by atoms with Crippen LogP contribution in [0.4, 0.5) is 13.6 Å². The fraction of sp³-hybridized carbons (Fsp3) is 0.550. The Kier molecular flexibility index (Phi) is 5.62. The number of alkyl halides is 2. The summed E-state index contributed by atoms with van der Waals surface area (Å²) in [7, 11) is 1.54. The first kappa shape index (κ1) is 21.8. The molecule has 0 bridgehead atoms. The average molecular weight is 426 g/mol. The number of nitrogens with zero attached hydrogens (tertiary/aromatic N) is 2. The summed E-state index contributed by atoms with van der Waals surface area (Å²) in [5.41, 5.74) is -0.423. The number of carbonyl (C=O) groups is 3. The second-order valence-corrected chi connectivity index (χ2v) is 8.25. The van der Waals surface area contributed by atoms with Gasteiger partial charge >= 0.3 is 12.1 Å². The fourth-order valence-corrected chi connectivity index (χ4v) is 3.88. The van der Waals surface area contributed by atoms with Gasteiger partial charge in [-0.15, -0.1) is 0 Å². The average Bonchev–Trinajstić information content (AvgIpc) is 3.14. The maximum absolute atomic E-state index is 14.2. The first-order chi connectivity index (χ1) is 14.0. The minimum atomic E-state index is -3.30. The normalized spacial score (nSPS) is 22.8. The molecule has 2 fully saturated rings. The van der Waals surface area contributed by atoms with Crippen LogP contribution in [0.5, 0.6) is 5.75 Å². The van der Waals surface area contributed by atoms with Crippen molar-refractivity contribution in [3.8, 4) is 5.75 Å². The van der Waals surface area contributed by atoms with E-state index in [9.17, 15) is 23.2 Å². The summed E-state index contributed by atoms with van der Waals surface area (Å²) in [5, 5.41) is 9.17. The number of carbonyl (C=O) groups excluding carboxylic acids is 2. The van der Waals surface area contributed by atoms with Crippen molar-refractivity contribution in [2.75, 3.05) is 26.7 Å². The van der Waals surface area contributed by atoms with Crippen LogP contribution in [0.3, 0.4) is 0 Å². The molecule has 0 aliphatic carbocycles.